The van der Waals surface area contributed by atoms with Gasteiger partial charge in [-0.15, -0.1) is 0 Å². The van der Waals surface area contributed by atoms with Gasteiger partial charge < -0.3 is 29.0 Å². The zero-order chi connectivity index (χ0) is 15.0. The summed E-state index contributed by atoms with van der Waals surface area (Å²) in [6.07, 6.45) is 5.28. The van der Waals surface area contributed by atoms with E-state index in [1.807, 2.05) is 19.1 Å². The first-order chi connectivity index (χ1) is 10.1. The SMILES string of the molecule is CCC[n+]1cc(Br)cc(-c2nc3cc(Cl)c(C)cc3[nH]2)c1.[I-]. The average molecular weight is 493 g/mol. The third kappa shape index (κ3) is 3.63. The van der Waals surface area contributed by atoms with Crippen molar-refractivity contribution in [1.29, 1.82) is 0 Å². The molecule has 0 saturated carbocycles. The van der Waals surface area contributed by atoms with Crippen LogP contribution in [0.5, 0.6) is 0 Å². The maximum Gasteiger partial charge on any atom is 0.183 e. The van der Waals surface area contributed by atoms with Gasteiger partial charge in [-0.25, -0.2) is 9.55 Å². The van der Waals surface area contributed by atoms with Gasteiger partial charge in [0.25, 0.3) is 0 Å². The first-order valence-corrected chi connectivity index (χ1v) is 8.10. The van der Waals surface area contributed by atoms with Crippen molar-refractivity contribution in [3.05, 3.63) is 45.7 Å². The van der Waals surface area contributed by atoms with Crippen molar-refractivity contribution in [2.45, 2.75) is 26.8 Å². The number of aryl methyl sites for hydroxylation is 2. The molecular weight excluding hydrogens is 476 g/mol. The summed E-state index contributed by atoms with van der Waals surface area (Å²) in [5.41, 5.74) is 4.01. The Balaban J connectivity index is 0.00000176. The van der Waals surface area contributed by atoms with Crippen LogP contribution < -0.4 is 28.5 Å². The van der Waals surface area contributed by atoms with E-state index in [9.17, 15) is 0 Å². The van der Waals surface area contributed by atoms with E-state index in [4.69, 9.17) is 11.6 Å². The molecule has 2 heterocycles. The van der Waals surface area contributed by atoms with Gasteiger partial charge in [0.2, 0.25) is 0 Å². The molecule has 3 rings (SSSR count). The minimum Gasteiger partial charge on any atom is -1.00 e. The molecule has 0 spiro atoms. The van der Waals surface area contributed by atoms with Gasteiger partial charge in [-0.1, -0.05) is 18.5 Å². The number of nitrogens with zero attached hydrogens (tertiary/aromatic N) is 2. The first kappa shape index (κ1) is 17.7. The fraction of sp³-hybridized carbons (Fsp3) is 0.250. The largest absolute Gasteiger partial charge is 1.00 e. The minimum absolute atomic E-state index is 0. The fourth-order valence-corrected chi connectivity index (χ4v) is 3.06. The van der Waals surface area contributed by atoms with Crippen LogP contribution in [-0.2, 0) is 6.54 Å². The molecule has 22 heavy (non-hydrogen) atoms. The lowest BCUT2D eigenvalue weighted by molar-refractivity contribution is -0.697. The topological polar surface area (TPSA) is 32.6 Å². The number of nitrogens with one attached hydrogen (secondary N) is 1. The highest BCUT2D eigenvalue weighted by Crippen LogP contribution is 2.26. The van der Waals surface area contributed by atoms with Crippen molar-refractivity contribution in [2.75, 3.05) is 0 Å². The lowest BCUT2D eigenvalue weighted by Gasteiger charge is -1.99. The van der Waals surface area contributed by atoms with Crippen LogP contribution in [0.15, 0.2) is 35.1 Å². The number of aromatic amines is 1. The second kappa shape index (κ2) is 7.27. The number of fused-ring (bicyclic) bond motifs is 1. The van der Waals surface area contributed by atoms with Gasteiger partial charge in [-0.05, 0) is 46.6 Å². The zero-order valence-electron chi connectivity index (χ0n) is 12.3. The highest BCUT2D eigenvalue weighted by atomic mass is 127. The Kier molecular flexibility index (Phi) is 5.85. The molecule has 2 aromatic heterocycles. The molecule has 1 N–H and O–H groups in total. The molecule has 0 amide bonds. The third-order valence-corrected chi connectivity index (χ3v) is 4.25. The Morgan fingerprint density at radius 3 is 2.77 bits per heavy atom. The fourth-order valence-electron chi connectivity index (χ4n) is 2.39. The quantitative estimate of drug-likeness (QED) is 0.438. The summed E-state index contributed by atoms with van der Waals surface area (Å²) in [5, 5.41) is 0.746. The lowest BCUT2D eigenvalue weighted by atomic mass is 10.2. The summed E-state index contributed by atoms with van der Waals surface area (Å²) in [4.78, 5) is 8.03. The molecule has 0 bridgehead atoms. The van der Waals surface area contributed by atoms with Crippen LogP contribution in [0, 0.1) is 6.92 Å². The van der Waals surface area contributed by atoms with E-state index in [2.05, 4.69) is 55.8 Å². The number of H-pyrrole nitrogens is 1. The van der Waals surface area contributed by atoms with Crippen LogP contribution in [0.2, 0.25) is 5.02 Å². The highest BCUT2D eigenvalue weighted by molar-refractivity contribution is 9.10. The van der Waals surface area contributed by atoms with Gasteiger partial charge in [-0.3, -0.25) is 0 Å². The van der Waals surface area contributed by atoms with E-state index in [1.165, 1.54) is 0 Å². The van der Waals surface area contributed by atoms with E-state index in [-0.39, 0.29) is 24.0 Å². The van der Waals surface area contributed by atoms with E-state index in [1.54, 1.807) is 0 Å². The summed E-state index contributed by atoms with van der Waals surface area (Å²) in [6, 6.07) is 6.01. The maximum absolute atomic E-state index is 6.17. The van der Waals surface area contributed by atoms with E-state index >= 15 is 0 Å². The van der Waals surface area contributed by atoms with Crippen molar-refractivity contribution in [3.8, 4) is 11.4 Å². The van der Waals surface area contributed by atoms with Crippen molar-refractivity contribution in [1.82, 2.24) is 9.97 Å². The number of hydrogen-bond acceptors (Lipinski definition) is 1. The van der Waals surface area contributed by atoms with Crippen LogP contribution >= 0.6 is 27.5 Å². The van der Waals surface area contributed by atoms with Gasteiger partial charge >= 0.3 is 0 Å². The number of imidazole rings is 1. The summed E-state index contributed by atoms with van der Waals surface area (Å²) >= 11 is 9.73. The molecule has 0 saturated heterocycles. The van der Waals surface area contributed by atoms with E-state index in [0.717, 1.165) is 50.4 Å². The normalized spacial score (nSPS) is 10.7. The van der Waals surface area contributed by atoms with Gasteiger partial charge in [0.1, 0.15) is 12.4 Å². The highest BCUT2D eigenvalue weighted by Gasteiger charge is 2.12. The minimum atomic E-state index is 0. The van der Waals surface area contributed by atoms with Gasteiger partial charge in [-0.2, -0.15) is 0 Å². The van der Waals surface area contributed by atoms with Crippen molar-refractivity contribution < 1.29 is 28.5 Å². The zero-order valence-corrected chi connectivity index (χ0v) is 16.8. The Labute approximate surface area is 160 Å². The lowest BCUT2D eigenvalue weighted by Crippen LogP contribution is -3.00. The number of hydrogen-bond donors (Lipinski definition) is 1. The number of halogens is 3. The standard InChI is InChI=1S/C16H16BrClN3.HI/c1-3-4-21-8-11(6-12(17)9-21)16-19-14-5-10(2)13(18)7-15(14)20-16;/h5-9H,3-4H2,1-2H3,(H,19,20);1H/q+1;/p-1. The molecule has 3 aromatic rings. The molecule has 0 radical (unpaired) electrons. The number of pyridine rings is 1. The van der Waals surface area contributed by atoms with Crippen LogP contribution in [0.4, 0.5) is 0 Å². The van der Waals surface area contributed by atoms with Gasteiger partial charge in [0, 0.05) is 11.4 Å². The number of aromatic nitrogens is 3. The molecule has 1 aromatic carbocycles. The molecule has 0 aliphatic heterocycles. The molecule has 0 aliphatic rings. The third-order valence-electron chi connectivity index (χ3n) is 3.40. The Hall–Kier alpha value is -0.660. The van der Waals surface area contributed by atoms with Crippen molar-refractivity contribution >= 4 is 38.6 Å². The van der Waals surface area contributed by atoms with E-state index in [0.29, 0.717) is 0 Å². The molecule has 3 nitrogen and oxygen atoms in total. The smallest absolute Gasteiger partial charge is 0.183 e. The molecule has 0 fully saturated rings. The van der Waals surface area contributed by atoms with Crippen LogP contribution in [0.1, 0.15) is 18.9 Å². The molecule has 116 valence electrons. The second-order valence-corrected chi connectivity index (χ2v) is 6.51. The monoisotopic (exact) mass is 491 g/mol. The molecule has 0 atom stereocenters. The molecular formula is C16H16BrClIN3. The molecule has 0 aliphatic carbocycles. The predicted molar refractivity (Wildman–Crippen MR) is 89.5 cm³/mol. The van der Waals surface area contributed by atoms with Crippen molar-refractivity contribution in [2.24, 2.45) is 0 Å². The predicted octanol–water partition coefficient (Wildman–Crippen LogP) is 1.66. The van der Waals surface area contributed by atoms with Gasteiger partial charge in [0.15, 0.2) is 12.4 Å². The summed E-state index contributed by atoms with van der Waals surface area (Å²) in [7, 11) is 0. The van der Waals surface area contributed by atoms with Crippen LogP contribution in [0.25, 0.3) is 22.4 Å². The van der Waals surface area contributed by atoms with Gasteiger partial charge in [0.05, 0.1) is 21.1 Å². The Bertz CT molecular complexity index is 778. The van der Waals surface area contributed by atoms with E-state index < -0.39 is 0 Å². The number of benzene rings is 1. The van der Waals surface area contributed by atoms with Crippen LogP contribution in [0.3, 0.4) is 0 Å². The Morgan fingerprint density at radius 1 is 1.27 bits per heavy atom. The number of rotatable bonds is 3. The average Bonchev–Trinajstić information content (AvgIpc) is 2.82. The van der Waals surface area contributed by atoms with Crippen LogP contribution in [-0.4, -0.2) is 9.97 Å². The summed E-state index contributed by atoms with van der Waals surface area (Å²) < 4.78 is 3.22. The second-order valence-electron chi connectivity index (χ2n) is 5.18. The summed E-state index contributed by atoms with van der Waals surface area (Å²) in [6.45, 7) is 5.15. The molecule has 0 unspecified atom stereocenters. The first-order valence-electron chi connectivity index (χ1n) is 6.92. The summed E-state index contributed by atoms with van der Waals surface area (Å²) in [5.74, 6) is 0.859. The Morgan fingerprint density at radius 2 is 2.05 bits per heavy atom. The maximum atomic E-state index is 6.17. The van der Waals surface area contributed by atoms with Crippen molar-refractivity contribution in [3.63, 3.8) is 0 Å². The molecule has 6 heteroatoms.